The molecule has 3 aliphatic rings. The van der Waals surface area contributed by atoms with Crippen LogP contribution in [-0.4, -0.2) is 39.0 Å². The molecule has 2 aliphatic heterocycles. The van der Waals surface area contributed by atoms with Gasteiger partial charge < -0.3 is 9.88 Å². The predicted molar refractivity (Wildman–Crippen MR) is 136 cm³/mol. The van der Waals surface area contributed by atoms with Crippen molar-refractivity contribution in [2.45, 2.75) is 82.5 Å². The third-order valence-electron chi connectivity index (χ3n) is 8.67. The van der Waals surface area contributed by atoms with Crippen LogP contribution in [0.25, 0.3) is 11.0 Å². The number of amides is 1. The van der Waals surface area contributed by atoms with Crippen LogP contribution in [0.5, 0.6) is 0 Å². The summed E-state index contributed by atoms with van der Waals surface area (Å²) in [7, 11) is 0. The number of carbonyl (C=O) groups excluding carboxylic acids is 1. The van der Waals surface area contributed by atoms with E-state index in [4.69, 9.17) is 4.98 Å². The van der Waals surface area contributed by atoms with Gasteiger partial charge in [-0.1, -0.05) is 48.9 Å². The minimum absolute atomic E-state index is 0.103. The van der Waals surface area contributed by atoms with E-state index in [9.17, 15) is 4.79 Å². The molecule has 6 rings (SSSR count). The molecule has 2 saturated heterocycles. The van der Waals surface area contributed by atoms with Crippen LogP contribution in [0.4, 0.5) is 0 Å². The molecule has 0 spiro atoms. The summed E-state index contributed by atoms with van der Waals surface area (Å²) in [5.74, 6) is 1.62. The van der Waals surface area contributed by atoms with Gasteiger partial charge in [0.2, 0.25) is 5.91 Å². The molecule has 4 atom stereocenters. The first-order valence-corrected chi connectivity index (χ1v) is 13.2. The van der Waals surface area contributed by atoms with E-state index in [1.807, 2.05) is 0 Å². The molecule has 2 bridgehead atoms. The van der Waals surface area contributed by atoms with Gasteiger partial charge in [-0.15, -0.1) is 0 Å². The number of piperidine rings is 1. The zero-order valence-electron chi connectivity index (χ0n) is 20.2. The Labute approximate surface area is 202 Å². The first-order valence-electron chi connectivity index (χ1n) is 13.2. The van der Waals surface area contributed by atoms with Gasteiger partial charge in [0.1, 0.15) is 5.82 Å². The van der Waals surface area contributed by atoms with E-state index < -0.39 is 0 Å². The van der Waals surface area contributed by atoms with Crippen LogP contribution in [0.1, 0.15) is 74.8 Å². The molecule has 1 amide bonds. The molecule has 1 aliphatic carbocycles. The van der Waals surface area contributed by atoms with E-state index in [1.165, 1.54) is 43.2 Å². The summed E-state index contributed by atoms with van der Waals surface area (Å²) in [6.45, 7) is 3.21. The molecule has 1 N–H and O–H groups in total. The second-order valence-electron chi connectivity index (χ2n) is 10.7. The average molecular weight is 457 g/mol. The number of para-hydroxylation sites is 2. The minimum atomic E-state index is 0.103. The molecule has 3 heterocycles. The Bertz CT molecular complexity index is 1140. The Morgan fingerprint density at radius 2 is 1.68 bits per heavy atom. The lowest BCUT2D eigenvalue weighted by Gasteiger charge is -2.40. The van der Waals surface area contributed by atoms with Gasteiger partial charge in [-0.2, -0.15) is 0 Å². The molecule has 3 aromatic rings. The van der Waals surface area contributed by atoms with Gasteiger partial charge in [0.25, 0.3) is 0 Å². The highest BCUT2D eigenvalue weighted by Gasteiger charge is 2.42. The number of benzene rings is 2. The second kappa shape index (κ2) is 9.18. The molecule has 2 unspecified atom stereocenters. The zero-order chi connectivity index (χ0) is 23.1. The number of carbonyl (C=O) groups is 1. The number of nitrogens with one attached hydrogen (secondary N) is 1. The SMILES string of the molecule is Cc1nc2ccccc2n1C1C[C@H]2CC[C@@H](C1)N2CCC(NC(=O)C1CCC1)c1ccccc1. The Morgan fingerprint density at radius 1 is 0.971 bits per heavy atom. The van der Waals surface area contributed by atoms with Crippen LogP contribution < -0.4 is 5.32 Å². The number of hydrogen-bond donors (Lipinski definition) is 1. The van der Waals surface area contributed by atoms with Gasteiger partial charge in [0.05, 0.1) is 17.1 Å². The van der Waals surface area contributed by atoms with Crippen molar-refractivity contribution in [1.29, 1.82) is 0 Å². The predicted octanol–water partition coefficient (Wildman–Crippen LogP) is 5.56. The van der Waals surface area contributed by atoms with Gasteiger partial charge in [0, 0.05) is 30.6 Å². The molecule has 0 radical (unpaired) electrons. The zero-order valence-corrected chi connectivity index (χ0v) is 20.2. The van der Waals surface area contributed by atoms with Gasteiger partial charge in [-0.25, -0.2) is 4.98 Å². The van der Waals surface area contributed by atoms with E-state index in [2.05, 4.69) is 76.3 Å². The van der Waals surface area contributed by atoms with Crippen LogP contribution in [-0.2, 0) is 4.79 Å². The van der Waals surface area contributed by atoms with Gasteiger partial charge in [0.15, 0.2) is 0 Å². The van der Waals surface area contributed by atoms with Crippen LogP contribution >= 0.6 is 0 Å². The highest BCUT2D eigenvalue weighted by Crippen LogP contribution is 2.42. The lowest BCUT2D eigenvalue weighted by Crippen LogP contribution is -2.45. The molecular weight excluding hydrogens is 420 g/mol. The summed E-state index contributed by atoms with van der Waals surface area (Å²) in [6.07, 6.45) is 9.24. The maximum Gasteiger partial charge on any atom is 0.223 e. The Balaban J connectivity index is 1.15. The van der Waals surface area contributed by atoms with Crippen molar-refractivity contribution < 1.29 is 4.79 Å². The molecule has 34 heavy (non-hydrogen) atoms. The maximum absolute atomic E-state index is 12.8. The fourth-order valence-corrected chi connectivity index (χ4v) is 6.69. The second-order valence-corrected chi connectivity index (χ2v) is 10.7. The quantitative estimate of drug-likeness (QED) is 0.506. The molecule has 5 heteroatoms. The molecule has 1 saturated carbocycles. The van der Waals surface area contributed by atoms with Crippen molar-refractivity contribution in [1.82, 2.24) is 19.8 Å². The lowest BCUT2D eigenvalue weighted by molar-refractivity contribution is -0.128. The molecule has 1 aromatic heterocycles. The third-order valence-corrected chi connectivity index (χ3v) is 8.67. The van der Waals surface area contributed by atoms with Gasteiger partial charge in [-0.3, -0.25) is 9.69 Å². The largest absolute Gasteiger partial charge is 0.349 e. The smallest absolute Gasteiger partial charge is 0.223 e. The lowest BCUT2D eigenvalue weighted by atomic mass is 9.84. The summed E-state index contributed by atoms with van der Waals surface area (Å²) in [6, 6.07) is 21.0. The summed E-state index contributed by atoms with van der Waals surface area (Å²) in [4.78, 5) is 20.4. The van der Waals surface area contributed by atoms with Crippen molar-refractivity contribution in [3.8, 4) is 0 Å². The number of fused-ring (bicyclic) bond motifs is 3. The number of nitrogens with zero attached hydrogens (tertiary/aromatic N) is 3. The fraction of sp³-hybridized carbons (Fsp3) is 0.517. The van der Waals surface area contributed by atoms with E-state index in [0.29, 0.717) is 18.1 Å². The number of aryl methyl sites for hydroxylation is 1. The molecule has 2 aromatic carbocycles. The van der Waals surface area contributed by atoms with Crippen LogP contribution in [0, 0.1) is 12.8 Å². The van der Waals surface area contributed by atoms with Crippen LogP contribution in [0.15, 0.2) is 54.6 Å². The highest BCUT2D eigenvalue weighted by atomic mass is 16.2. The van der Waals surface area contributed by atoms with Gasteiger partial charge in [-0.05, 0) is 69.6 Å². The van der Waals surface area contributed by atoms with E-state index in [-0.39, 0.29) is 17.9 Å². The summed E-state index contributed by atoms with van der Waals surface area (Å²) >= 11 is 0. The highest BCUT2D eigenvalue weighted by molar-refractivity contribution is 5.79. The first kappa shape index (κ1) is 21.8. The van der Waals surface area contributed by atoms with Crippen LogP contribution in [0.3, 0.4) is 0 Å². The van der Waals surface area contributed by atoms with Crippen LogP contribution in [0.2, 0.25) is 0 Å². The molecule has 178 valence electrons. The monoisotopic (exact) mass is 456 g/mol. The number of rotatable bonds is 7. The standard InChI is InChI=1S/C29H36N4O/c1-20-30-27-12-5-6-13-28(27)33(20)25-18-23-14-15-24(19-25)32(23)17-16-26(21-8-3-2-4-9-21)31-29(34)22-10-7-11-22/h2-6,8-9,12-13,22-26H,7,10-11,14-19H2,1H3,(H,31,34)/t23-,24+,25?,26?. The Morgan fingerprint density at radius 3 is 2.38 bits per heavy atom. The van der Waals surface area contributed by atoms with Crippen molar-refractivity contribution in [2.24, 2.45) is 5.92 Å². The summed E-state index contributed by atoms with van der Waals surface area (Å²) in [5, 5.41) is 3.41. The van der Waals surface area contributed by atoms with Crippen molar-refractivity contribution in [2.75, 3.05) is 6.54 Å². The average Bonchev–Trinajstić information content (AvgIpc) is 3.26. The molecular formula is C29H36N4O. The maximum atomic E-state index is 12.8. The molecule has 5 nitrogen and oxygen atoms in total. The Kier molecular flexibility index (Phi) is 5.90. The number of aromatic nitrogens is 2. The van der Waals surface area contributed by atoms with Gasteiger partial charge >= 0.3 is 0 Å². The van der Waals surface area contributed by atoms with Crippen molar-refractivity contribution in [3.63, 3.8) is 0 Å². The third kappa shape index (κ3) is 4.04. The summed E-state index contributed by atoms with van der Waals surface area (Å²) in [5.41, 5.74) is 3.63. The Hall–Kier alpha value is -2.66. The number of hydrogen-bond acceptors (Lipinski definition) is 3. The summed E-state index contributed by atoms with van der Waals surface area (Å²) < 4.78 is 2.50. The topological polar surface area (TPSA) is 50.2 Å². The normalized spacial score (nSPS) is 25.9. The van der Waals surface area contributed by atoms with E-state index in [1.54, 1.807) is 0 Å². The fourth-order valence-electron chi connectivity index (χ4n) is 6.69. The van der Waals surface area contributed by atoms with Crippen molar-refractivity contribution in [3.05, 3.63) is 66.0 Å². The van der Waals surface area contributed by atoms with E-state index in [0.717, 1.165) is 37.1 Å². The first-order chi connectivity index (χ1) is 16.7. The van der Waals surface area contributed by atoms with E-state index >= 15 is 0 Å². The number of imidazole rings is 1. The van der Waals surface area contributed by atoms with Crippen molar-refractivity contribution >= 4 is 16.9 Å². The molecule has 3 fully saturated rings. The minimum Gasteiger partial charge on any atom is -0.349 e.